The van der Waals surface area contributed by atoms with E-state index in [1.165, 1.54) is 25.8 Å². The van der Waals surface area contributed by atoms with E-state index in [9.17, 15) is 5.11 Å². The second-order valence-electron chi connectivity index (χ2n) is 5.01. The number of aromatic hydroxyl groups is 1. The van der Waals surface area contributed by atoms with Crippen molar-refractivity contribution in [2.75, 3.05) is 6.54 Å². The molecular formula is C13H16ClNO. The normalized spacial score (nSPS) is 28.8. The molecule has 0 spiro atoms. The van der Waals surface area contributed by atoms with Gasteiger partial charge in [-0.1, -0.05) is 23.7 Å². The van der Waals surface area contributed by atoms with E-state index in [0.717, 1.165) is 24.1 Å². The van der Waals surface area contributed by atoms with Crippen LogP contribution in [-0.2, 0) is 6.54 Å². The third kappa shape index (κ3) is 1.70. The number of phenolic OH excluding ortho intramolecular Hbond substituents is 1. The lowest BCUT2D eigenvalue weighted by atomic mass is 10.1. The maximum absolute atomic E-state index is 9.87. The Morgan fingerprint density at radius 2 is 2.25 bits per heavy atom. The number of likely N-dealkylation sites (tertiary alicyclic amines) is 1. The molecule has 2 aliphatic rings. The van der Waals surface area contributed by atoms with Gasteiger partial charge in [-0.3, -0.25) is 4.90 Å². The molecule has 1 aromatic rings. The van der Waals surface area contributed by atoms with E-state index in [2.05, 4.69) is 4.90 Å². The molecule has 2 atom stereocenters. The Balaban J connectivity index is 1.77. The molecule has 1 saturated carbocycles. The molecule has 0 amide bonds. The van der Waals surface area contributed by atoms with Gasteiger partial charge in [0.05, 0.1) is 5.02 Å². The number of fused-ring (bicyclic) bond motifs is 2. The number of piperidine rings is 1. The molecule has 2 nitrogen and oxygen atoms in total. The summed E-state index contributed by atoms with van der Waals surface area (Å²) in [4.78, 5) is 2.49. The second kappa shape index (κ2) is 3.94. The number of para-hydroxylation sites is 1. The molecule has 0 radical (unpaired) electrons. The lowest BCUT2D eigenvalue weighted by Gasteiger charge is -2.27. The Hall–Kier alpha value is -0.730. The highest BCUT2D eigenvalue weighted by Gasteiger charge is 2.37. The van der Waals surface area contributed by atoms with Gasteiger partial charge in [0.15, 0.2) is 0 Å². The summed E-state index contributed by atoms with van der Waals surface area (Å²) < 4.78 is 0. The van der Waals surface area contributed by atoms with Gasteiger partial charge < -0.3 is 5.11 Å². The molecule has 2 bridgehead atoms. The molecule has 1 aliphatic carbocycles. The van der Waals surface area contributed by atoms with Gasteiger partial charge in [0.1, 0.15) is 5.75 Å². The zero-order chi connectivity index (χ0) is 11.1. The number of phenols is 1. The minimum absolute atomic E-state index is 0.256. The molecule has 3 rings (SSSR count). The van der Waals surface area contributed by atoms with Crippen LogP contribution in [0.5, 0.6) is 5.75 Å². The minimum atomic E-state index is 0.256. The van der Waals surface area contributed by atoms with Crippen LogP contribution in [-0.4, -0.2) is 22.6 Å². The molecular weight excluding hydrogens is 222 g/mol. The Morgan fingerprint density at radius 1 is 1.38 bits per heavy atom. The molecule has 2 unspecified atom stereocenters. The Kier molecular flexibility index (Phi) is 2.56. The van der Waals surface area contributed by atoms with Crippen molar-refractivity contribution in [1.82, 2.24) is 4.90 Å². The van der Waals surface area contributed by atoms with Gasteiger partial charge in [-0.15, -0.1) is 0 Å². The first-order chi connectivity index (χ1) is 7.74. The molecule has 1 N–H and O–H groups in total. The van der Waals surface area contributed by atoms with Crippen molar-refractivity contribution < 1.29 is 5.11 Å². The Bertz CT molecular complexity index is 407. The monoisotopic (exact) mass is 237 g/mol. The molecule has 1 aromatic carbocycles. The first-order valence-electron chi connectivity index (χ1n) is 5.94. The lowest BCUT2D eigenvalue weighted by molar-refractivity contribution is 0.203. The van der Waals surface area contributed by atoms with Crippen molar-refractivity contribution >= 4 is 11.6 Å². The standard InChI is InChI=1S/C13H16ClNO/c14-12-3-1-2-10(13(12)16)8-15-7-9-4-5-11(15)6-9/h1-3,9,11,16H,4-8H2. The molecule has 1 heterocycles. The van der Waals surface area contributed by atoms with Gasteiger partial charge in [-0.05, 0) is 31.2 Å². The first kappa shape index (κ1) is 10.4. The molecule has 86 valence electrons. The van der Waals surface area contributed by atoms with Crippen molar-refractivity contribution in [1.29, 1.82) is 0 Å². The van der Waals surface area contributed by atoms with Crippen LogP contribution in [0.4, 0.5) is 0 Å². The number of hydrogen-bond donors (Lipinski definition) is 1. The number of benzene rings is 1. The van der Waals surface area contributed by atoms with Crippen molar-refractivity contribution in [3.8, 4) is 5.75 Å². The topological polar surface area (TPSA) is 23.5 Å². The zero-order valence-corrected chi connectivity index (χ0v) is 9.95. The molecule has 2 fully saturated rings. The van der Waals surface area contributed by atoms with Gasteiger partial charge in [-0.25, -0.2) is 0 Å². The summed E-state index contributed by atoms with van der Waals surface area (Å²) in [5.41, 5.74) is 0.958. The van der Waals surface area contributed by atoms with Gasteiger partial charge in [0.2, 0.25) is 0 Å². The van der Waals surface area contributed by atoms with Crippen LogP contribution in [0.2, 0.25) is 5.02 Å². The summed E-state index contributed by atoms with van der Waals surface area (Å²) >= 11 is 5.91. The quantitative estimate of drug-likeness (QED) is 0.855. The highest BCUT2D eigenvalue weighted by Crippen LogP contribution is 2.39. The summed E-state index contributed by atoms with van der Waals surface area (Å²) in [6.07, 6.45) is 4.07. The number of nitrogens with zero attached hydrogens (tertiary/aromatic N) is 1. The smallest absolute Gasteiger partial charge is 0.138 e. The van der Waals surface area contributed by atoms with Crippen molar-refractivity contribution in [3.05, 3.63) is 28.8 Å². The van der Waals surface area contributed by atoms with Crippen LogP contribution < -0.4 is 0 Å². The van der Waals surface area contributed by atoms with Gasteiger partial charge in [0.25, 0.3) is 0 Å². The largest absolute Gasteiger partial charge is 0.506 e. The Morgan fingerprint density at radius 3 is 2.94 bits per heavy atom. The van der Waals surface area contributed by atoms with E-state index in [0.29, 0.717) is 5.02 Å². The summed E-state index contributed by atoms with van der Waals surface area (Å²) in [6.45, 7) is 2.03. The molecule has 1 saturated heterocycles. The van der Waals surface area contributed by atoms with Crippen LogP contribution >= 0.6 is 11.6 Å². The van der Waals surface area contributed by atoms with E-state index in [1.807, 2.05) is 12.1 Å². The van der Waals surface area contributed by atoms with Crippen molar-refractivity contribution in [3.63, 3.8) is 0 Å². The van der Waals surface area contributed by atoms with Crippen molar-refractivity contribution in [2.24, 2.45) is 5.92 Å². The third-order valence-corrected chi connectivity index (χ3v) is 4.27. The van der Waals surface area contributed by atoms with Crippen LogP contribution in [0.3, 0.4) is 0 Å². The first-order valence-corrected chi connectivity index (χ1v) is 6.32. The molecule has 16 heavy (non-hydrogen) atoms. The fraction of sp³-hybridized carbons (Fsp3) is 0.538. The SMILES string of the molecule is Oc1c(Cl)cccc1CN1CC2CCC1C2. The maximum atomic E-state index is 9.87. The highest BCUT2D eigenvalue weighted by molar-refractivity contribution is 6.32. The van der Waals surface area contributed by atoms with E-state index < -0.39 is 0 Å². The van der Waals surface area contributed by atoms with Crippen LogP contribution in [0, 0.1) is 5.92 Å². The minimum Gasteiger partial charge on any atom is -0.506 e. The van der Waals surface area contributed by atoms with Crippen LogP contribution in [0.1, 0.15) is 24.8 Å². The van der Waals surface area contributed by atoms with E-state index in [1.54, 1.807) is 6.07 Å². The molecule has 1 aliphatic heterocycles. The fourth-order valence-electron chi connectivity index (χ4n) is 3.13. The van der Waals surface area contributed by atoms with Gasteiger partial charge >= 0.3 is 0 Å². The average molecular weight is 238 g/mol. The van der Waals surface area contributed by atoms with Gasteiger partial charge in [0, 0.05) is 24.7 Å². The highest BCUT2D eigenvalue weighted by atomic mass is 35.5. The molecule has 3 heteroatoms. The molecule has 0 aromatic heterocycles. The predicted octanol–water partition coefficient (Wildman–Crippen LogP) is 3.03. The van der Waals surface area contributed by atoms with Crippen molar-refractivity contribution in [2.45, 2.75) is 31.8 Å². The third-order valence-electron chi connectivity index (χ3n) is 3.97. The predicted molar refractivity (Wildman–Crippen MR) is 64.7 cm³/mol. The summed E-state index contributed by atoms with van der Waals surface area (Å²) in [7, 11) is 0. The van der Waals surface area contributed by atoms with Crippen LogP contribution in [0.15, 0.2) is 18.2 Å². The summed E-state index contributed by atoms with van der Waals surface area (Å²) in [5.74, 6) is 1.15. The lowest BCUT2D eigenvalue weighted by Crippen LogP contribution is -2.31. The fourth-order valence-corrected chi connectivity index (χ4v) is 3.32. The summed E-state index contributed by atoms with van der Waals surface area (Å²) in [5, 5.41) is 10.3. The summed E-state index contributed by atoms with van der Waals surface area (Å²) in [6, 6.07) is 6.35. The van der Waals surface area contributed by atoms with E-state index in [4.69, 9.17) is 11.6 Å². The van der Waals surface area contributed by atoms with E-state index in [-0.39, 0.29) is 5.75 Å². The number of rotatable bonds is 2. The number of halogens is 1. The van der Waals surface area contributed by atoms with E-state index >= 15 is 0 Å². The zero-order valence-electron chi connectivity index (χ0n) is 9.19. The maximum Gasteiger partial charge on any atom is 0.138 e. The van der Waals surface area contributed by atoms with Crippen LogP contribution in [0.25, 0.3) is 0 Å². The Labute approximate surface area is 101 Å². The van der Waals surface area contributed by atoms with Gasteiger partial charge in [-0.2, -0.15) is 0 Å². The number of hydrogen-bond acceptors (Lipinski definition) is 2. The average Bonchev–Trinajstić information content (AvgIpc) is 2.86. The second-order valence-corrected chi connectivity index (χ2v) is 5.42.